The molecule has 2 atom stereocenters. The van der Waals surface area contributed by atoms with Crippen LogP contribution in [0.15, 0.2) is 0 Å². The first-order valence-electron chi connectivity index (χ1n) is 7.89. The van der Waals surface area contributed by atoms with Gasteiger partial charge >= 0.3 is 0 Å². The van der Waals surface area contributed by atoms with E-state index in [2.05, 4.69) is 17.1 Å². The van der Waals surface area contributed by atoms with Gasteiger partial charge in [-0.3, -0.25) is 4.90 Å². The Kier molecular flexibility index (Phi) is 5.84. The molecule has 2 fully saturated rings. The summed E-state index contributed by atoms with van der Waals surface area (Å²) < 4.78 is 26.7. The first-order chi connectivity index (χ1) is 9.50. The molecule has 0 bridgehead atoms. The molecule has 6 heteroatoms. The van der Waals surface area contributed by atoms with Crippen LogP contribution in [0.4, 0.5) is 0 Å². The lowest BCUT2D eigenvalue weighted by Crippen LogP contribution is -2.48. The van der Waals surface area contributed by atoms with Crippen molar-refractivity contribution in [1.82, 2.24) is 14.5 Å². The van der Waals surface area contributed by atoms with Crippen molar-refractivity contribution < 1.29 is 8.42 Å². The minimum atomic E-state index is -3.12. The lowest BCUT2D eigenvalue weighted by Gasteiger charge is -2.36. The largest absolute Gasteiger partial charge is 0.314 e. The average molecular weight is 303 g/mol. The summed E-state index contributed by atoms with van der Waals surface area (Å²) in [6.07, 6.45) is 4.58. The van der Waals surface area contributed by atoms with Crippen molar-refractivity contribution in [3.8, 4) is 0 Å². The van der Waals surface area contributed by atoms with E-state index in [9.17, 15) is 8.42 Å². The number of piperazine rings is 1. The zero-order chi connectivity index (χ0) is 14.6. The van der Waals surface area contributed by atoms with E-state index in [0.717, 1.165) is 45.4 Å². The molecule has 1 saturated heterocycles. The van der Waals surface area contributed by atoms with E-state index < -0.39 is 10.0 Å². The molecule has 2 unspecified atom stereocenters. The highest BCUT2D eigenvalue weighted by molar-refractivity contribution is 7.89. The molecule has 0 aromatic heterocycles. The Hall–Kier alpha value is -0.170. The molecular weight excluding hydrogens is 274 g/mol. The highest BCUT2D eigenvalue weighted by atomic mass is 32.2. The van der Waals surface area contributed by atoms with Gasteiger partial charge in [0, 0.05) is 45.8 Å². The van der Waals surface area contributed by atoms with Gasteiger partial charge in [0.2, 0.25) is 10.0 Å². The summed E-state index contributed by atoms with van der Waals surface area (Å²) in [5.41, 5.74) is 0. The van der Waals surface area contributed by atoms with Crippen LogP contribution in [-0.4, -0.2) is 69.2 Å². The molecule has 1 N–H and O–H groups in total. The predicted octanol–water partition coefficient (Wildman–Crippen LogP) is 0.732. The van der Waals surface area contributed by atoms with E-state index in [1.807, 2.05) is 0 Å². The van der Waals surface area contributed by atoms with Crippen molar-refractivity contribution in [3.05, 3.63) is 0 Å². The van der Waals surface area contributed by atoms with E-state index in [1.54, 1.807) is 11.4 Å². The van der Waals surface area contributed by atoms with Crippen LogP contribution in [0.3, 0.4) is 0 Å². The Bertz CT molecular complexity index is 393. The van der Waals surface area contributed by atoms with Crippen LogP contribution < -0.4 is 5.32 Å². The highest BCUT2D eigenvalue weighted by Gasteiger charge is 2.32. The molecule has 1 heterocycles. The summed E-state index contributed by atoms with van der Waals surface area (Å²) in [5.74, 6) is 0.745. The molecule has 20 heavy (non-hydrogen) atoms. The monoisotopic (exact) mass is 303 g/mol. The van der Waals surface area contributed by atoms with Gasteiger partial charge in [-0.25, -0.2) is 12.7 Å². The van der Waals surface area contributed by atoms with Crippen molar-refractivity contribution in [2.24, 2.45) is 5.92 Å². The number of hydrogen-bond donors (Lipinski definition) is 1. The Labute approximate surface area is 123 Å². The third-order valence-corrected chi connectivity index (χ3v) is 6.69. The summed E-state index contributed by atoms with van der Waals surface area (Å²) in [6, 6.07) is 0.205. The number of rotatable bonds is 5. The minimum absolute atomic E-state index is 0.205. The molecular formula is C14H29N3O2S. The van der Waals surface area contributed by atoms with Crippen molar-refractivity contribution in [1.29, 1.82) is 0 Å². The molecule has 1 aliphatic carbocycles. The second kappa shape index (κ2) is 7.20. The van der Waals surface area contributed by atoms with Gasteiger partial charge in [0.15, 0.2) is 0 Å². The minimum Gasteiger partial charge on any atom is -0.314 e. The zero-order valence-electron chi connectivity index (χ0n) is 12.8. The molecule has 0 aromatic carbocycles. The average Bonchev–Trinajstić information content (AvgIpc) is 2.46. The molecule has 1 aliphatic heterocycles. The standard InChI is InChI=1S/C14H29N3O2S/c1-13-5-3-4-6-14(13)16(2)20(18,19)12-11-17-9-7-15-8-10-17/h13-15H,3-12H2,1-2H3. The van der Waals surface area contributed by atoms with Crippen molar-refractivity contribution >= 4 is 10.0 Å². The first-order valence-corrected chi connectivity index (χ1v) is 9.50. The normalized spacial score (nSPS) is 29.8. The summed E-state index contributed by atoms with van der Waals surface area (Å²) >= 11 is 0. The van der Waals surface area contributed by atoms with Crippen LogP contribution >= 0.6 is 0 Å². The predicted molar refractivity (Wildman–Crippen MR) is 82.3 cm³/mol. The van der Waals surface area contributed by atoms with Crippen LogP contribution in [0.5, 0.6) is 0 Å². The van der Waals surface area contributed by atoms with Crippen LogP contribution in [-0.2, 0) is 10.0 Å². The fourth-order valence-corrected chi connectivity index (χ4v) is 4.87. The van der Waals surface area contributed by atoms with E-state index >= 15 is 0 Å². The third kappa shape index (κ3) is 4.16. The molecule has 2 aliphatic rings. The number of nitrogens with zero attached hydrogens (tertiary/aromatic N) is 2. The second-order valence-corrected chi connectivity index (χ2v) is 8.40. The van der Waals surface area contributed by atoms with Gasteiger partial charge in [-0.15, -0.1) is 0 Å². The first kappa shape index (κ1) is 16.2. The Morgan fingerprint density at radius 3 is 2.50 bits per heavy atom. The molecule has 0 aromatic rings. The molecule has 0 radical (unpaired) electrons. The van der Waals surface area contributed by atoms with E-state index in [4.69, 9.17) is 0 Å². The van der Waals surface area contributed by atoms with E-state index in [1.165, 1.54) is 6.42 Å². The molecule has 0 amide bonds. The maximum Gasteiger partial charge on any atom is 0.215 e. The van der Waals surface area contributed by atoms with Gasteiger partial charge in [0.1, 0.15) is 0 Å². The molecule has 1 saturated carbocycles. The van der Waals surface area contributed by atoms with Gasteiger partial charge in [0.05, 0.1) is 5.75 Å². The summed E-state index contributed by atoms with van der Waals surface area (Å²) in [4.78, 5) is 2.24. The van der Waals surface area contributed by atoms with Gasteiger partial charge in [-0.05, 0) is 18.8 Å². The molecule has 118 valence electrons. The van der Waals surface area contributed by atoms with Crippen LogP contribution in [0.2, 0.25) is 0 Å². The van der Waals surface area contributed by atoms with Crippen LogP contribution in [0, 0.1) is 5.92 Å². The van der Waals surface area contributed by atoms with E-state index in [0.29, 0.717) is 12.5 Å². The zero-order valence-corrected chi connectivity index (χ0v) is 13.7. The summed E-state index contributed by atoms with van der Waals surface area (Å²) in [5, 5.41) is 3.29. The van der Waals surface area contributed by atoms with Crippen molar-refractivity contribution in [2.45, 2.75) is 38.6 Å². The van der Waals surface area contributed by atoms with Gasteiger partial charge < -0.3 is 5.32 Å². The maximum atomic E-state index is 12.5. The third-order valence-electron chi connectivity index (χ3n) is 4.85. The second-order valence-electron chi connectivity index (χ2n) is 6.25. The van der Waals surface area contributed by atoms with Crippen LogP contribution in [0.1, 0.15) is 32.6 Å². The van der Waals surface area contributed by atoms with Gasteiger partial charge in [0.25, 0.3) is 0 Å². The summed E-state index contributed by atoms with van der Waals surface area (Å²) in [6.45, 7) is 6.70. The Morgan fingerprint density at radius 1 is 1.20 bits per heavy atom. The fraction of sp³-hybridized carbons (Fsp3) is 1.00. The van der Waals surface area contributed by atoms with E-state index in [-0.39, 0.29) is 11.8 Å². The van der Waals surface area contributed by atoms with Crippen molar-refractivity contribution in [2.75, 3.05) is 45.5 Å². The van der Waals surface area contributed by atoms with Gasteiger partial charge in [-0.1, -0.05) is 19.8 Å². The SMILES string of the molecule is CC1CCCCC1N(C)S(=O)(=O)CCN1CCNCC1. The number of nitrogens with one attached hydrogen (secondary N) is 1. The lowest BCUT2D eigenvalue weighted by molar-refractivity contribution is 0.210. The Morgan fingerprint density at radius 2 is 1.85 bits per heavy atom. The Balaban J connectivity index is 1.87. The summed E-state index contributed by atoms with van der Waals surface area (Å²) in [7, 11) is -1.34. The number of hydrogen-bond acceptors (Lipinski definition) is 4. The molecule has 5 nitrogen and oxygen atoms in total. The van der Waals surface area contributed by atoms with Crippen LogP contribution in [0.25, 0.3) is 0 Å². The number of sulfonamides is 1. The lowest BCUT2D eigenvalue weighted by atomic mass is 9.86. The topological polar surface area (TPSA) is 52.7 Å². The van der Waals surface area contributed by atoms with Gasteiger partial charge in [-0.2, -0.15) is 0 Å². The highest BCUT2D eigenvalue weighted by Crippen LogP contribution is 2.28. The molecule has 2 rings (SSSR count). The smallest absolute Gasteiger partial charge is 0.215 e. The molecule has 0 spiro atoms. The fourth-order valence-electron chi connectivity index (χ4n) is 3.37. The van der Waals surface area contributed by atoms with Crippen molar-refractivity contribution in [3.63, 3.8) is 0 Å². The quantitative estimate of drug-likeness (QED) is 0.814. The maximum absolute atomic E-state index is 12.5.